The highest BCUT2D eigenvalue weighted by molar-refractivity contribution is 7.89. The van der Waals surface area contributed by atoms with Gasteiger partial charge >= 0.3 is 6.01 Å². The first-order valence-electron chi connectivity index (χ1n) is 10.3. The zero-order chi connectivity index (χ0) is 24.3. The summed E-state index contributed by atoms with van der Waals surface area (Å²) in [5.74, 6) is -0.450. The topological polar surface area (TPSA) is 173 Å². The van der Waals surface area contributed by atoms with Gasteiger partial charge in [0.15, 0.2) is 0 Å². The van der Waals surface area contributed by atoms with Crippen molar-refractivity contribution in [1.82, 2.24) is 24.9 Å². The number of anilines is 1. The molecule has 2 N–H and O–H groups in total. The molecule has 2 aromatic heterocycles. The van der Waals surface area contributed by atoms with Crippen molar-refractivity contribution in [2.75, 3.05) is 18.5 Å². The van der Waals surface area contributed by atoms with E-state index in [0.717, 1.165) is 6.07 Å². The van der Waals surface area contributed by atoms with Crippen molar-refractivity contribution in [3.8, 4) is 11.4 Å². The minimum absolute atomic E-state index is 0.00123. The molecule has 34 heavy (non-hydrogen) atoms. The lowest BCUT2D eigenvalue weighted by Gasteiger charge is -2.30. The SMILES string of the molecule is Cc1ccc([N+](=O)[O-])cc1S(=O)(=O)N1CCC(C(=O)NNc2nc(-c3ccncc3)no2)CC1. The summed E-state index contributed by atoms with van der Waals surface area (Å²) >= 11 is 0. The van der Waals surface area contributed by atoms with Gasteiger partial charge in [0.05, 0.1) is 9.82 Å². The highest BCUT2D eigenvalue weighted by Gasteiger charge is 2.33. The molecule has 1 fully saturated rings. The second kappa shape index (κ2) is 9.52. The number of nitro groups is 1. The highest BCUT2D eigenvalue weighted by Crippen LogP contribution is 2.28. The van der Waals surface area contributed by atoms with Gasteiger partial charge in [-0.2, -0.15) is 9.29 Å². The predicted molar refractivity (Wildman–Crippen MR) is 119 cm³/mol. The van der Waals surface area contributed by atoms with E-state index >= 15 is 0 Å². The first-order valence-corrected chi connectivity index (χ1v) is 11.7. The second-order valence-electron chi connectivity index (χ2n) is 7.66. The number of aromatic nitrogens is 3. The molecule has 0 aliphatic carbocycles. The molecule has 1 saturated heterocycles. The van der Waals surface area contributed by atoms with Crippen LogP contribution in [0, 0.1) is 23.0 Å². The number of hydrogen-bond donors (Lipinski definition) is 2. The van der Waals surface area contributed by atoms with Crippen LogP contribution in [0.3, 0.4) is 0 Å². The number of benzene rings is 1. The zero-order valence-corrected chi connectivity index (χ0v) is 18.9. The average molecular weight is 487 g/mol. The standard InChI is InChI=1S/C20H21N7O6S/c1-13-2-3-16(27(29)30)12-17(13)34(31,32)26-10-6-15(7-11-26)19(28)23-24-20-22-18(25-33-20)14-4-8-21-9-5-14/h2-5,8-9,12,15H,6-7,10-11H2,1H3,(H,23,28)(H,22,24,25). The van der Waals surface area contributed by atoms with Gasteiger partial charge in [-0.05, 0) is 37.5 Å². The molecule has 3 aromatic rings. The molecule has 0 unspecified atom stereocenters. The monoisotopic (exact) mass is 487 g/mol. The Balaban J connectivity index is 1.34. The van der Waals surface area contributed by atoms with Gasteiger partial charge in [-0.15, -0.1) is 0 Å². The van der Waals surface area contributed by atoms with Crippen LogP contribution in [-0.2, 0) is 14.8 Å². The number of hydrazine groups is 1. The predicted octanol–water partition coefficient (Wildman–Crippen LogP) is 1.89. The Morgan fingerprint density at radius 1 is 1.21 bits per heavy atom. The molecular formula is C20H21N7O6S. The number of amides is 1. The summed E-state index contributed by atoms with van der Waals surface area (Å²) < 4.78 is 32.4. The van der Waals surface area contributed by atoms with Crippen LogP contribution in [0.1, 0.15) is 18.4 Å². The first-order chi connectivity index (χ1) is 16.3. The number of nitrogens with one attached hydrogen (secondary N) is 2. The van der Waals surface area contributed by atoms with E-state index in [2.05, 4.69) is 26.0 Å². The van der Waals surface area contributed by atoms with Crippen molar-refractivity contribution >= 4 is 27.6 Å². The van der Waals surface area contributed by atoms with Gasteiger partial charge in [-0.3, -0.25) is 25.3 Å². The van der Waals surface area contributed by atoms with Crippen LogP contribution in [0.4, 0.5) is 11.7 Å². The number of rotatable bonds is 7. The number of carbonyl (C=O) groups is 1. The maximum absolute atomic E-state index is 13.0. The van der Waals surface area contributed by atoms with E-state index < -0.39 is 20.9 Å². The van der Waals surface area contributed by atoms with E-state index in [9.17, 15) is 23.3 Å². The zero-order valence-electron chi connectivity index (χ0n) is 18.0. The van der Waals surface area contributed by atoms with E-state index in [-0.39, 0.29) is 48.4 Å². The van der Waals surface area contributed by atoms with Crippen molar-refractivity contribution < 1.29 is 22.7 Å². The maximum atomic E-state index is 13.0. The van der Waals surface area contributed by atoms with Crippen LogP contribution in [0.5, 0.6) is 0 Å². The van der Waals surface area contributed by atoms with Gasteiger partial charge in [0.1, 0.15) is 0 Å². The summed E-state index contributed by atoms with van der Waals surface area (Å²) in [5.41, 5.74) is 5.90. The number of piperidine rings is 1. The molecule has 0 saturated carbocycles. The summed E-state index contributed by atoms with van der Waals surface area (Å²) in [4.78, 5) is 30.9. The fraction of sp³-hybridized carbons (Fsp3) is 0.300. The molecule has 3 heterocycles. The molecule has 14 heteroatoms. The van der Waals surface area contributed by atoms with Crippen LogP contribution in [0.15, 0.2) is 52.1 Å². The van der Waals surface area contributed by atoms with Crippen molar-refractivity contribution in [2.24, 2.45) is 5.92 Å². The van der Waals surface area contributed by atoms with Gasteiger partial charge in [0.25, 0.3) is 5.69 Å². The summed E-state index contributed by atoms with van der Waals surface area (Å²) in [5, 5.41) is 14.9. The van der Waals surface area contributed by atoms with Crippen LogP contribution >= 0.6 is 0 Å². The molecule has 1 aliphatic heterocycles. The van der Waals surface area contributed by atoms with Crippen LogP contribution in [0.2, 0.25) is 0 Å². The van der Waals surface area contributed by atoms with Crippen molar-refractivity contribution in [1.29, 1.82) is 0 Å². The Bertz CT molecular complexity index is 1300. The number of hydrogen-bond acceptors (Lipinski definition) is 10. The minimum Gasteiger partial charge on any atom is -0.313 e. The lowest BCUT2D eigenvalue weighted by Crippen LogP contribution is -2.44. The Hall–Kier alpha value is -3.91. The maximum Gasteiger partial charge on any atom is 0.340 e. The molecule has 4 rings (SSSR count). The quantitative estimate of drug-likeness (QED) is 0.370. The van der Waals surface area contributed by atoms with Crippen molar-refractivity contribution in [2.45, 2.75) is 24.7 Å². The average Bonchev–Trinajstić information content (AvgIpc) is 3.32. The normalized spacial score (nSPS) is 15.1. The number of non-ortho nitro benzene ring substituents is 1. The Morgan fingerprint density at radius 2 is 1.91 bits per heavy atom. The molecule has 178 valence electrons. The number of aryl methyl sites for hydroxylation is 1. The molecule has 0 atom stereocenters. The summed E-state index contributed by atoms with van der Waals surface area (Å²) in [6.45, 7) is 1.80. The van der Waals surface area contributed by atoms with E-state index in [1.165, 1.54) is 16.4 Å². The van der Waals surface area contributed by atoms with E-state index in [1.807, 2.05) is 0 Å². The van der Waals surface area contributed by atoms with Crippen molar-refractivity contribution in [3.05, 3.63) is 58.4 Å². The Morgan fingerprint density at radius 3 is 2.59 bits per heavy atom. The van der Waals surface area contributed by atoms with Crippen LogP contribution in [-0.4, -0.2) is 51.8 Å². The fourth-order valence-corrected chi connectivity index (χ4v) is 5.30. The number of nitro benzene ring substituents is 1. The van der Waals surface area contributed by atoms with Crippen LogP contribution in [0.25, 0.3) is 11.4 Å². The Kier molecular flexibility index (Phi) is 6.51. The number of carbonyl (C=O) groups excluding carboxylic acids is 1. The van der Waals surface area contributed by atoms with Gasteiger partial charge in [-0.25, -0.2) is 13.8 Å². The van der Waals surface area contributed by atoms with Crippen LogP contribution < -0.4 is 10.9 Å². The fourth-order valence-electron chi connectivity index (χ4n) is 3.59. The van der Waals surface area contributed by atoms with E-state index in [0.29, 0.717) is 17.0 Å². The van der Waals surface area contributed by atoms with E-state index in [1.54, 1.807) is 31.5 Å². The largest absolute Gasteiger partial charge is 0.340 e. The molecule has 0 spiro atoms. The second-order valence-corrected chi connectivity index (χ2v) is 9.56. The minimum atomic E-state index is -3.93. The summed E-state index contributed by atoms with van der Waals surface area (Å²) in [6.07, 6.45) is 3.75. The molecule has 0 radical (unpaired) electrons. The lowest BCUT2D eigenvalue weighted by atomic mass is 9.98. The smallest absolute Gasteiger partial charge is 0.313 e. The van der Waals surface area contributed by atoms with Gasteiger partial charge in [0.2, 0.25) is 21.8 Å². The van der Waals surface area contributed by atoms with Gasteiger partial charge < -0.3 is 4.52 Å². The summed E-state index contributed by atoms with van der Waals surface area (Å²) in [7, 11) is -3.93. The van der Waals surface area contributed by atoms with Crippen molar-refractivity contribution in [3.63, 3.8) is 0 Å². The lowest BCUT2D eigenvalue weighted by molar-refractivity contribution is -0.385. The number of nitrogens with zero attached hydrogens (tertiary/aromatic N) is 5. The molecule has 0 bridgehead atoms. The van der Waals surface area contributed by atoms with Gasteiger partial charge in [0, 0.05) is 49.1 Å². The molecule has 13 nitrogen and oxygen atoms in total. The third-order valence-corrected chi connectivity index (χ3v) is 7.52. The Labute approximate surface area is 194 Å². The third-order valence-electron chi connectivity index (χ3n) is 5.48. The van der Waals surface area contributed by atoms with Gasteiger partial charge in [-0.1, -0.05) is 11.2 Å². The molecular weight excluding hydrogens is 466 g/mol. The third kappa shape index (κ3) is 4.87. The first kappa shape index (κ1) is 23.3. The molecule has 1 aliphatic rings. The van der Waals surface area contributed by atoms with E-state index in [4.69, 9.17) is 4.52 Å². The highest BCUT2D eigenvalue weighted by atomic mass is 32.2. The molecule has 1 aromatic carbocycles. The molecule has 1 amide bonds. The number of pyridine rings is 1. The number of sulfonamides is 1. The summed E-state index contributed by atoms with van der Waals surface area (Å²) in [6, 6.07) is 7.17.